The predicted molar refractivity (Wildman–Crippen MR) is 69.6 cm³/mol. The first-order chi connectivity index (χ1) is 7.76. The van der Waals surface area contributed by atoms with Crippen LogP contribution >= 0.6 is 11.8 Å². The van der Waals surface area contributed by atoms with E-state index in [-0.39, 0.29) is 0 Å². The molecule has 1 aliphatic carbocycles. The van der Waals surface area contributed by atoms with Crippen molar-refractivity contribution in [1.29, 1.82) is 0 Å². The minimum absolute atomic E-state index is 0.491. The van der Waals surface area contributed by atoms with Crippen molar-refractivity contribution in [2.75, 3.05) is 12.8 Å². The minimum atomic E-state index is 0.491. The Morgan fingerprint density at radius 3 is 2.81 bits per heavy atom. The Labute approximate surface area is 102 Å². The van der Waals surface area contributed by atoms with Crippen LogP contribution in [0.25, 0.3) is 0 Å². The van der Waals surface area contributed by atoms with E-state index in [0.717, 1.165) is 18.9 Å². The first-order valence-corrected chi connectivity index (χ1v) is 7.20. The zero-order valence-corrected chi connectivity index (χ0v) is 11.0. The van der Waals surface area contributed by atoms with Crippen LogP contribution in [-0.2, 0) is 13.6 Å². The number of nitrogens with one attached hydrogen (secondary N) is 1. The van der Waals surface area contributed by atoms with Crippen molar-refractivity contribution in [1.82, 2.24) is 14.9 Å². The Morgan fingerprint density at radius 2 is 2.25 bits per heavy atom. The van der Waals surface area contributed by atoms with Crippen LogP contribution in [0.3, 0.4) is 0 Å². The van der Waals surface area contributed by atoms with Crippen molar-refractivity contribution in [3.63, 3.8) is 0 Å². The van der Waals surface area contributed by atoms with Gasteiger partial charge in [0, 0.05) is 30.7 Å². The Morgan fingerprint density at radius 1 is 1.50 bits per heavy atom. The summed E-state index contributed by atoms with van der Waals surface area (Å²) < 4.78 is 2.57. The van der Waals surface area contributed by atoms with Gasteiger partial charge < -0.3 is 9.88 Å². The van der Waals surface area contributed by atoms with Gasteiger partial charge in [-0.05, 0) is 19.1 Å². The molecular formula is C12H21N3S. The first kappa shape index (κ1) is 12.0. The molecule has 1 aliphatic rings. The summed E-state index contributed by atoms with van der Waals surface area (Å²) >= 11 is 2.03. The molecule has 0 aromatic carbocycles. The fourth-order valence-corrected chi connectivity index (χ4v) is 3.38. The molecule has 4 heteroatoms. The smallest absolute Gasteiger partial charge is 0.122 e. The monoisotopic (exact) mass is 239 g/mol. The van der Waals surface area contributed by atoms with Crippen molar-refractivity contribution in [3.05, 3.63) is 18.2 Å². The number of imidazole rings is 1. The molecule has 0 aliphatic heterocycles. The van der Waals surface area contributed by atoms with E-state index >= 15 is 0 Å². The van der Waals surface area contributed by atoms with Gasteiger partial charge in [0.05, 0.1) is 6.54 Å². The third-order valence-corrected chi connectivity index (χ3v) is 5.02. The van der Waals surface area contributed by atoms with E-state index in [2.05, 4.69) is 21.1 Å². The topological polar surface area (TPSA) is 29.9 Å². The zero-order chi connectivity index (χ0) is 11.4. The largest absolute Gasteiger partial charge is 0.337 e. The van der Waals surface area contributed by atoms with E-state index in [4.69, 9.17) is 0 Å². The molecule has 3 nitrogen and oxygen atoms in total. The Bertz CT molecular complexity index is 329. The van der Waals surface area contributed by atoms with E-state index in [1.54, 1.807) is 0 Å². The second-order valence-corrected chi connectivity index (χ2v) is 5.93. The molecule has 0 unspecified atom stereocenters. The van der Waals surface area contributed by atoms with Gasteiger partial charge in [-0.25, -0.2) is 4.98 Å². The second kappa shape index (κ2) is 5.23. The van der Waals surface area contributed by atoms with Gasteiger partial charge in [-0.15, -0.1) is 0 Å². The van der Waals surface area contributed by atoms with Crippen molar-refractivity contribution in [2.24, 2.45) is 7.05 Å². The zero-order valence-electron chi connectivity index (χ0n) is 10.2. The summed E-state index contributed by atoms with van der Waals surface area (Å²) in [5.41, 5.74) is 0. The Hall–Kier alpha value is -0.480. The van der Waals surface area contributed by atoms with Crippen molar-refractivity contribution in [2.45, 2.75) is 37.0 Å². The fraction of sp³-hybridized carbons (Fsp3) is 0.750. The number of hydrogen-bond donors (Lipinski definition) is 1. The summed E-state index contributed by atoms with van der Waals surface area (Å²) in [7, 11) is 2.05. The quantitative estimate of drug-likeness (QED) is 0.854. The number of thioether (sulfide) groups is 1. The Balaban J connectivity index is 1.81. The van der Waals surface area contributed by atoms with Crippen LogP contribution in [0.5, 0.6) is 0 Å². The van der Waals surface area contributed by atoms with Crippen LogP contribution in [0.15, 0.2) is 12.4 Å². The molecular weight excluding hydrogens is 218 g/mol. The van der Waals surface area contributed by atoms with Crippen LogP contribution in [0.1, 0.15) is 31.5 Å². The lowest BCUT2D eigenvalue weighted by Crippen LogP contribution is -2.35. The molecule has 1 aromatic heterocycles. The summed E-state index contributed by atoms with van der Waals surface area (Å²) in [6.07, 6.45) is 11.6. The molecule has 0 spiro atoms. The van der Waals surface area contributed by atoms with Gasteiger partial charge in [0.1, 0.15) is 5.82 Å². The summed E-state index contributed by atoms with van der Waals surface area (Å²) in [6.45, 7) is 1.99. The molecule has 0 amide bonds. The van der Waals surface area contributed by atoms with Crippen molar-refractivity contribution >= 4 is 11.8 Å². The lowest BCUT2D eigenvalue weighted by atomic mass is 10.1. The third-order valence-electron chi connectivity index (χ3n) is 3.60. The molecule has 0 radical (unpaired) electrons. The van der Waals surface area contributed by atoms with E-state index in [1.165, 1.54) is 25.7 Å². The molecule has 2 rings (SSSR count). The standard InChI is InChI=1S/C12H21N3S/c1-15-8-7-14-11(15)9-13-10-12(16-2)5-3-4-6-12/h7-8,13H,3-6,9-10H2,1-2H3. The highest BCUT2D eigenvalue weighted by Gasteiger charge is 2.32. The van der Waals surface area contributed by atoms with Gasteiger partial charge in [-0.1, -0.05) is 12.8 Å². The maximum atomic E-state index is 4.32. The summed E-state index contributed by atoms with van der Waals surface area (Å²) in [5.74, 6) is 1.12. The van der Waals surface area contributed by atoms with Crippen molar-refractivity contribution < 1.29 is 0 Å². The van der Waals surface area contributed by atoms with Gasteiger partial charge in [0.2, 0.25) is 0 Å². The number of nitrogens with zero attached hydrogens (tertiary/aromatic N) is 2. The highest BCUT2D eigenvalue weighted by molar-refractivity contribution is 8.00. The number of aromatic nitrogens is 2. The van der Waals surface area contributed by atoms with Crippen LogP contribution in [0.4, 0.5) is 0 Å². The van der Waals surface area contributed by atoms with Gasteiger partial charge in [0.25, 0.3) is 0 Å². The molecule has 1 saturated carbocycles. The summed E-state index contributed by atoms with van der Waals surface area (Å²) in [4.78, 5) is 4.32. The molecule has 1 fully saturated rings. The highest BCUT2D eigenvalue weighted by atomic mass is 32.2. The molecule has 1 heterocycles. The molecule has 0 bridgehead atoms. The van der Waals surface area contributed by atoms with E-state index in [1.807, 2.05) is 31.2 Å². The molecule has 90 valence electrons. The average Bonchev–Trinajstić information content (AvgIpc) is 2.90. The maximum absolute atomic E-state index is 4.32. The second-order valence-electron chi connectivity index (χ2n) is 4.65. The van der Waals surface area contributed by atoms with E-state index in [9.17, 15) is 0 Å². The van der Waals surface area contributed by atoms with Crippen LogP contribution < -0.4 is 5.32 Å². The number of aryl methyl sites for hydroxylation is 1. The predicted octanol–water partition coefficient (Wildman–Crippen LogP) is 2.19. The van der Waals surface area contributed by atoms with Gasteiger partial charge in [-0.3, -0.25) is 0 Å². The van der Waals surface area contributed by atoms with Crippen LogP contribution in [-0.4, -0.2) is 27.1 Å². The SMILES string of the molecule is CSC1(CNCc2nccn2C)CCCC1. The van der Waals surface area contributed by atoms with Crippen LogP contribution in [0, 0.1) is 0 Å². The fourth-order valence-electron chi connectivity index (χ4n) is 2.44. The summed E-state index contributed by atoms with van der Waals surface area (Å²) in [5, 5.41) is 3.56. The van der Waals surface area contributed by atoms with E-state index in [0.29, 0.717) is 4.75 Å². The minimum Gasteiger partial charge on any atom is -0.337 e. The molecule has 1 N–H and O–H groups in total. The van der Waals surface area contributed by atoms with Crippen LogP contribution in [0.2, 0.25) is 0 Å². The normalized spacial score (nSPS) is 19.1. The number of hydrogen-bond acceptors (Lipinski definition) is 3. The third kappa shape index (κ3) is 2.61. The first-order valence-electron chi connectivity index (χ1n) is 5.98. The van der Waals surface area contributed by atoms with E-state index < -0.39 is 0 Å². The summed E-state index contributed by atoms with van der Waals surface area (Å²) in [6, 6.07) is 0. The maximum Gasteiger partial charge on any atom is 0.122 e. The molecule has 16 heavy (non-hydrogen) atoms. The van der Waals surface area contributed by atoms with Gasteiger partial charge in [0.15, 0.2) is 0 Å². The Kier molecular flexibility index (Phi) is 3.92. The molecule has 0 atom stereocenters. The van der Waals surface area contributed by atoms with Gasteiger partial charge >= 0.3 is 0 Å². The highest BCUT2D eigenvalue weighted by Crippen LogP contribution is 2.39. The van der Waals surface area contributed by atoms with Crippen molar-refractivity contribution in [3.8, 4) is 0 Å². The average molecular weight is 239 g/mol. The van der Waals surface area contributed by atoms with Gasteiger partial charge in [-0.2, -0.15) is 11.8 Å². The lowest BCUT2D eigenvalue weighted by Gasteiger charge is -2.26. The molecule has 0 saturated heterocycles. The lowest BCUT2D eigenvalue weighted by molar-refractivity contribution is 0.521. The number of rotatable bonds is 5. The molecule has 1 aromatic rings.